The normalized spacial score (nSPS) is 15.9. The van der Waals surface area contributed by atoms with Crippen molar-refractivity contribution in [2.45, 2.75) is 51.5 Å². The first-order valence-electron chi connectivity index (χ1n) is 7.23. The molecule has 1 aromatic rings. The maximum absolute atomic E-state index is 12.3. The minimum atomic E-state index is -0.0183. The molecule has 0 bridgehead atoms. The van der Waals surface area contributed by atoms with Crippen LogP contribution in [-0.2, 0) is 0 Å². The summed E-state index contributed by atoms with van der Waals surface area (Å²) >= 11 is 0. The smallest absolute Gasteiger partial charge is 0.258 e. The Hall–Kier alpha value is -1.52. The Bertz CT molecular complexity index is 435. The van der Waals surface area contributed by atoms with Crippen molar-refractivity contribution in [3.05, 3.63) is 11.8 Å². The minimum Gasteiger partial charge on any atom is -0.382 e. The predicted molar refractivity (Wildman–Crippen MR) is 76.0 cm³/mol. The van der Waals surface area contributed by atoms with E-state index in [9.17, 15) is 4.79 Å². The molecule has 1 aliphatic rings. The lowest BCUT2D eigenvalue weighted by Gasteiger charge is -2.15. The van der Waals surface area contributed by atoms with Crippen LogP contribution in [0, 0.1) is 0 Å². The Morgan fingerprint density at radius 2 is 2.21 bits per heavy atom. The molecular formula is C14H24N4O. The second kappa shape index (κ2) is 6.08. The first-order chi connectivity index (χ1) is 9.13. The molecule has 1 fully saturated rings. The quantitative estimate of drug-likeness (QED) is 0.888. The molecule has 0 atom stereocenters. The minimum absolute atomic E-state index is 0.0183. The molecule has 0 aromatic carbocycles. The van der Waals surface area contributed by atoms with Crippen molar-refractivity contribution in [1.82, 2.24) is 14.7 Å². The van der Waals surface area contributed by atoms with Gasteiger partial charge in [0.15, 0.2) is 5.82 Å². The molecule has 106 valence electrons. The molecule has 0 spiro atoms. The highest BCUT2D eigenvalue weighted by atomic mass is 16.2. The van der Waals surface area contributed by atoms with Crippen molar-refractivity contribution in [3.63, 3.8) is 0 Å². The zero-order chi connectivity index (χ0) is 13.8. The van der Waals surface area contributed by atoms with E-state index in [4.69, 9.17) is 5.73 Å². The molecule has 0 aliphatic heterocycles. The van der Waals surface area contributed by atoms with Gasteiger partial charge in [-0.3, -0.25) is 9.48 Å². The Morgan fingerprint density at radius 1 is 1.53 bits per heavy atom. The summed E-state index contributed by atoms with van der Waals surface area (Å²) in [5.74, 6) is 0.343. The predicted octanol–water partition coefficient (Wildman–Crippen LogP) is 2.45. The molecule has 1 aromatic heterocycles. The average Bonchev–Trinajstić information content (AvgIpc) is 3.03. The SMILES string of the molecule is CCCCN(C)C(=O)c1cn(C2CCCC2)nc1N. The van der Waals surface area contributed by atoms with Crippen LogP contribution in [0.5, 0.6) is 0 Å². The summed E-state index contributed by atoms with van der Waals surface area (Å²) in [6, 6.07) is 0.421. The fourth-order valence-corrected chi connectivity index (χ4v) is 2.63. The van der Waals surface area contributed by atoms with Crippen LogP contribution >= 0.6 is 0 Å². The summed E-state index contributed by atoms with van der Waals surface area (Å²) in [4.78, 5) is 14.0. The maximum Gasteiger partial charge on any atom is 0.258 e. The number of carbonyl (C=O) groups is 1. The van der Waals surface area contributed by atoms with Crippen LogP contribution in [0.25, 0.3) is 0 Å². The van der Waals surface area contributed by atoms with E-state index >= 15 is 0 Å². The molecule has 0 radical (unpaired) electrons. The van der Waals surface area contributed by atoms with Gasteiger partial charge in [-0.15, -0.1) is 0 Å². The number of amides is 1. The third-order valence-electron chi connectivity index (χ3n) is 3.88. The van der Waals surface area contributed by atoms with Gasteiger partial charge >= 0.3 is 0 Å². The van der Waals surface area contributed by atoms with E-state index in [1.807, 2.05) is 17.9 Å². The van der Waals surface area contributed by atoms with Crippen LogP contribution in [0.1, 0.15) is 61.8 Å². The second-order valence-electron chi connectivity index (χ2n) is 5.43. The van der Waals surface area contributed by atoms with Crippen molar-refractivity contribution in [2.75, 3.05) is 19.3 Å². The molecule has 0 unspecified atom stereocenters. The van der Waals surface area contributed by atoms with Crippen LogP contribution in [0.15, 0.2) is 6.20 Å². The zero-order valence-corrected chi connectivity index (χ0v) is 11.9. The standard InChI is InChI=1S/C14H24N4O/c1-3-4-9-17(2)14(19)12-10-18(16-13(12)15)11-7-5-6-8-11/h10-11H,3-9H2,1-2H3,(H2,15,16). The zero-order valence-electron chi connectivity index (χ0n) is 11.9. The van der Waals surface area contributed by atoms with Gasteiger partial charge in [0, 0.05) is 19.8 Å². The summed E-state index contributed by atoms with van der Waals surface area (Å²) in [5.41, 5.74) is 6.44. The molecule has 2 rings (SSSR count). The van der Waals surface area contributed by atoms with Gasteiger partial charge in [-0.2, -0.15) is 5.10 Å². The van der Waals surface area contributed by atoms with Gasteiger partial charge in [0.1, 0.15) is 5.56 Å². The molecule has 0 saturated heterocycles. The molecule has 19 heavy (non-hydrogen) atoms. The molecule has 5 heteroatoms. The van der Waals surface area contributed by atoms with E-state index in [0.717, 1.165) is 32.2 Å². The van der Waals surface area contributed by atoms with E-state index < -0.39 is 0 Å². The third-order valence-corrected chi connectivity index (χ3v) is 3.88. The summed E-state index contributed by atoms with van der Waals surface area (Å²) in [6.07, 6.45) is 8.68. The first-order valence-corrected chi connectivity index (χ1v) is 7.23. The molecule has 1 aliphatic carbocycles. The number of unbranched alkanes of at least 4 members (excludes halogenated alkanes) is 1. The van der Waals surface area contributed by atoms with Crippen molar-refractivity contribution in [2.24, 2.45) is 0 Å². The number of carbonyl (C=O) groups excluding carboxylic acids is 1. The van der Waals surface area contributed by atoms with Gasteiger partial charge in [0.25, 0.3) is 5.91 Å². The average molecular weight is 264 g/mol. The largest absolute Gasteiger partial charge is 0.382 e. The van der Waals surface area contributed by atoms with E-state index in [-0.39, 0.29) is 5.91 Å². The number of rotatable bonds is 5. The van der Waals surface area contributed by atoms with E-state index in [1.165, 1.54) is 12.8 Å². The van der Waals surface area contributed by atoms with Crippen molar-refractivity contribution in [3.8, 4) is 0 Å². The number of nitrogens with two attached hydrogens (primary N) is 1. The third kappa shape index (κ3) is 3.08. The number of nitrogen functional groups attached to an aromatic ring is 1. The number of nitrogens with zero attached hydrogens (tertiary/aromatic N) is 3. The summed E-state index contributed by atoms with van der Waals surface area (Å²) in [7, 11) is 1.82. The van der Waals surface area contributed by atoms with Crippen molar-refractivity contribution in [1.29, 1.82) is 0 Å². The molecule has 2 N–H and O–H groups in total. The summed E-state index contributed by atoms with van der Waals surface area (Å²) in [6.45, 7) is 2.88. The highest BCUT2D eigenvalue weighted by Crippen LogP contribution is 2.30. The van der Waals surface area contributed by atoms with Gasteiger partial charge in [-0.1, -0.05) is 26.2 Å². The van der Waals surface area contributed by atoms with Crippen LogP contribution in [-0.4, -0.2) is 34.2 Å². The Labute approximate surface area is 114 Å². The van der Waals surface area contributed by atoms with Gasteiger partial charge in [0.2, 0.25) is 0 Å². The topological polar surface area (TPSA) is 64.2 Å². The van der Waals surface area contributed by atoms with Gasteiger partial charge in [-0.25, -0.2) is 0 Å². The number of hydrogen-bond acceptors (Lipinski definition) is 3. The summed E-state index contributed by atoms with van der Waals surface area (Å²) in [5, 5.41) is 4.32. The highest BCUT2D eigenvalue weighted by molar-refractivity contribution is 5.98. The Kier molecular flexibility index (Phi) is 4.45. The lowest BCUT2D eigenvalue weighted by molar-refractivity contribution is 0.0794. The highest BCUT2D eigenvalue weighted by Gasteiger charge is 2.23. The Balaban J connectivity index is 2.09. The van der Waals surface area contributed by atoms with Gasteiger partial charge in [0.05, 0.1) is 6.04 Å². The van der Waals surface area contributed by atoms with E-state index in [2.05, 4.69) is 12.0 Å². The van der Waals surface area contributed by atoms with Crippen molar-refractivity contribution >= 4 is 11.7 Å². The number of aromatic nitrogens is 2. The summed E-state index contributed by atoms with van der Waals surface area (Å²) < 4.78 is 1.89. The van der Waals surface area contributed by atoms with Crippen LogP contribution in [0.3, 0.4) is 0 Å². The molecule has 5 nitrogen and oxygen atoms in total. The number of hydrogen-bond donors (Lipinski definition) is 1. The second-order valence-corrected chi connectivity index (χ2v) is 5.43. The van der Waals surface area contributed by atoms with Gasteiger partial charge in [-0.05, 0) is 19.3 Å². The van der Waals surface area contributed by atoms with Crippen LogP contribution < -0.4 is 5.73 Å². The first kappa shape index (κ1) is 13.9. The lowest BCUT2D eigenvalue weighted by Crippen LogP contribution is -2.28. The van der Waals surface area contributed by atoms with Crippen LogP contribution in [0.4, 0.5) is 5.82 Å². The molecule has 1 heterocycles. The lowest BCUT2D eigenvalue weighted by atomic mass is 10.2. The molecular weight excluding hydrogens is 240 g/mol. The van der Waals surface area contributed by atoms with E-state index in [1.54, 1.807) is 4.90 Å². The van der Waals surface area contributed by atoms with E-state index in [0.29, 0.717) is 17.4 Å². The fourth-order valence-electron chi connectivity index (χ4n) is 2.63. The fraction of sp³-hybridized carbons (Fsp3) is 0.714. The molecule has 1 amide bonds. The monoisotopic (exact) mass is 264 g/mol. The van der Waals surface area contributed by atoms with Gasteiger partial charge < -0.3 is 10.6 Å². The van der Waals surface area contributed by atoms with Crippen molar-refractivity contribution < 1.29 is 4.79 Å². The van der Waals surface area contributed by atoms with Crippen LogP contribution in [0.2, 0.25) is 0 Å². The Morgan fingerprint density at radius 3 is 2.84 bits per heavy atom. The maximum atomic E-state index is 12.3. The molecule has 1 saturated carbocycles. The number of anilines is 1.